The number of hydrogen-bond donors (Lipinski definition) is 1. The van der Waals surface area contributed by atoms with E-state index in [-0.39, 0.29) is 12.0 Å². The number of nitrogens with zero attached hydrogens (tertiary/aromatic N) is 3. The van der Waals surface area contributed by atoms with Crippen molar-refractivity contribution in [3.8, 4) is 23.1 Å². The molecule has 2 aromatic carbocycles. The number of benzene rings is 2. The molecule has 152 valence electrons. The van der Waals surface area contributed by atoms with E-state index in [0.29, 0.717) is 30.6 Å². The van der Waals surface area contributed by atoms with Gasteiger partial charge in [-0.2, -0.15) is 4.98 Å². The van der Waals surface area contributed by atoms with Crippen LogP contribution >= 0.6 is 11.6 Å². The Morgan fingerprint density at radius 3 is 2.55 bits per heavy atom. The van der Waals surface area contributed by atoms with E-state index >= 15 is 0 Å². The largest absolute Gasteiger partial charge is 0.460 e. The van der Waals surface area contributed by atoms with Gasteiger partial charge in [0, 0.05) is 23.6 Å². The van der Waals surface area contributed by atoms with Crippen molar-refractivity contribution in [2.75, 3.05) is 11.2 Å². The SMILES string of the molecule is Cc1ccccc1-c1nc(OC(C)C)nn1-c1ccc(NC(=O)CCCCl)cc1. The molecule has 0 fully saturated rings. The van der Waals surface area contributed by atoms with Crippen LogP contribution in [0.15, 0.2) is 48.5 Å². The number of rotatable bonds is 8. The van der Waals surface area contributed by atoms with E-state index in [4.69, 9.17) is 16.3 Å². The van der Waals surface area contributed by atoms with E-state index in [1.807, 2.05) is 69.3 Å². The van der Waals surface area contributed by atoms with E-state index in [1.165, 1.54) is 0 Å². The number of carbonyl (C=O) groups is 1. The standard InChI is InChI=1S/C22H25ClN4O2/c1-15(2)29-22-25-21(19-8-5-4-7-16(19)3)27(26-22)18-12-10-17(11-13-18)24-20(28)9-6-14-23/h4-5,7-8,10-13,15H,6,9,14H2,1-3H3,(H,24,28). The van der Waals surface area contributed by atoms with Crippen LogP contribution in [0.1, 0.15) is 32.3 Å². The monoisotopic (exact) mass is 412 g/mol. The third-order valence-corrected chi connectivity index (χ3v) is 4.52. The highest BCUT2D eigenvalue weighted by Crippen LogP contribution is 2.27. The van der Waals surface area contributed by atoms with Gasteiger partial charge in [0.25, 0.3) is 0 Å². The molecule has 1 heterocycles. The highest BCUT2D eigenvalue weighted by molar-refractivity contribution is 6.18. The zero-order chi connectivity index (χ0) is 20.8. The average molecular weight is 413 g/mol. The minimum atomic E-state index is -0.0487. The molecule has 0 aliphatic heterocycles. The third-order valence-electron chi connectivity index (χ3n) is 4.25. The van der Waals surface area contributed by atoms with Crippen molar-refractivity contribution in [2.24, 2.45) is 0 Å². The molecule has 0 bridgehead atoms. The normalized spacial score (nSPS) is 10.9. The van der Waals surface area contributed by atoms with Crippen LogP contribution in [0.3, 0.4) is 0 Å². The molecule has 6 nitrogen and oxygen atoms in total. The Labute approximate surface area is 175 Å². The van der Waals surface area contributed by atoms with Crippen molar-refractivity contribution in [1.82, 2.24) is 14.8 Å². The number of alkyl halides is 1. The summed E-state index contributed by atoms with van der Waals surface area (Å²) in [6.45, 7) is 5.92. The van der Waals surface area contributed by atoms with Gasteiger partial charge in [-0.15, -0.1) is 16.7 Å². The Kier molecular flexibility index (Phi) is 6.88. The highest BCUT2D eigenvalue weighted by atomic mass is 35.5. The second kappa shape index (κ2) is 9.56. The van der Waals surface area contributed by atoms with Gasteiger partial charge in [0.05, 0.1) is 11.8 Å². The van der Waals surface area contributed by atoms with Crippen LogP contribution in [0.4, 0.5) is 5.69 Å². The first-order valence-corrected chi connectivity index (χ1v) is 10.2. The molecule has 0 atom stereocenters. The first-order chi connectivity index (χ1) is 14.0. The Morgan fingerprint density at radius 2 is 1.90 bits per heavy atom. The van der Waals surface area contributed by atoms with Crippen molar-refractivity contribution in [1.29, 1.82) is 0 Å². The second-order valence-corrected chi connectivity index (χ2v) is 7.38. The third kappa shape index (κ3) is 5.35. The zero-order valence-corrected chi connectivity index (χ0v) is 17.6. The lowest BCUT2D eigenvalue weighted by molar-refractivity contribution is -0.116. The summed E-state index contributed by atoms with van der Waals surface area (Å²) in [7, 11) is 0. The fourth-order valence-electron chi connectivity index (χ4n) is 2.87. The molecule has 0 unspecified atom stereocenters. The molecular formula is C22H25ClN4O2. The molecule has 0 aliphatic carbocycles. The van der Waals surface area contributed by atoms with Crippen LogP contribution in [0, 0.1) is 6.92 Å². The van der Waals surface area contributed by atoms with Crippen molar-refractivity contribution < 1.29 is 9.53 Å². The average Bonchev–Trinajstić information content (AvgIpc) is 3.10. The minimum absolute atomic E-state index is 0.0267. The first kappa shape index (κ1) is 20.9. The molecule has 0 radical (unpaired) electrons. The molecule has 1 N–H and O–H groups in total. The van der Waals surface area contributed by atoms with Gasteiger partial charge >= 0.3 is 6.01 Å². The van der Waals surface area contributed by atoms with Crippen LogP contribution in [-0.2, 0) is 4.79 Å². The van der Waals surface area contributed by atoms with E-state index < -0.39 is 0 Å². The number of amides is 1. The molecule has 29 heavy (non-hydrogen) atoms. The summed E-state index contributed by atoms with van der Waals surface area (Å²) < 4.78 is 7.48. The molecule has 0 spiro atoms. The molecule has 7 heteroatoms. The molecule has 3 aromatic rings. The maximum atomic E-state index is 11.9. The molecule has 1 aromatic heterocycles. The van der Waals surface area contributed by atoms with E-state index in [0.717, 1.165) is 22.5 Å². The van der Waals surface area contributed by atoms with Gasteiger partial charge in [0.15, 0.2) is 5.82 Å². The van der Waals surface area contributed by atoms with Gasteiger partial charge in [-0.05, 0) is 57.0 Å². The van der Waals surface area contributed by atoms with Crippen molar-refractivity contribution in [3.63, 3.8) is 0 Å². The molecule has 0 aliphatic rings. The summed E-state index contributed by atoms with van der Waals surface area (Å²) in [6.07, 6.45) is 1.03. The van der Waals surface area contributed by atoms with Crippen LogP contribution in [0.25, 0.3) is 17.1 Å². The second-order valence-electron chi connectivity index (χ2n) is 7.00. The summed E-state index contributed by atoms with van der Waals surface area (Å²) in [4.78, 5) is 16.5. The van der Waals surface area contributed by atoms with Crippen LogP contribution < -0.4 is 10.1 Å². The van der Waals surface area contributed by atoms with Gasteiger partial charge in [-0.1, -0.05) is 24.3 Å². The minimum Gasteiger partial charge on any atom is -0.460 e. The molecule has 1 amide bonds. The Balaban J connectivity index is 1.92. The molecule has 0 saturated heterocycles. The van der Waals surface area contributed by atoms with E-state index in [2.05, 4.69) is 15.4 Å². The van der Waals surface area contributed by atoms with Gasteiger partial charge in [0.1, 0.15) is 0 Å². The van der Waals surface area contributed by atoms with Gasteiger partial charge in [-0.25, -0.2) is 4.68 Å². The fourth-order valence-corrected chi connectivity index (χ4v) is 3.00. The van der Waals surface area contributed by atoms with Gasteiger partial charge in [0.2, 0.25) is 5.91 Å². The highest BCUT2D eigenvalue weighted by Gasteiger charge is 2.17. The van der Waals surface area contributed by atoms with Crippen LogP contribution in [0.5, 0.6) is 6.01 Å². The Bertz CT molecular complexity index is 967. The van der Waals surface area contributed by atoms with E-state index in [1.54, 1.807) is 4.68 Å². The predicted molar refractivity (Wildman–Crippen MR) is 116 cm³/mol. The van der Waals surface area contributed by atoms with Gasteiger partial charge in [-0.3, -0.25) is 4.79 Å². The Morgan fingerprint density at radius 1 is 1.17 bits per heavy atom. The number of halogens is 1. The lowest BCUT2D eigenvalue weighted by atomic mass is 10.1. The fraction of sp³-hybridized carbons (Fsp3) is 0.318. The summed E-state index contributed by atoms with van der Waals surface area (Å²) in [5.41, 5.74) is 3.63. The smallest absolute Gasteiger partial charge is 0.336 e. The number of carbonyl (C=O) groups excluding carboxylic acids is 1. The predicted octanol–water partition coefficient (Wildman–Crippen LogP) is 4.99. The maximum Gasteiger partial charge on any atom is 0.336 e. The summed E-state index contributed by atoms with van der Waals surface area (Å²) in [5.74, 6) is 1.13. The number of ether oxygens (including phenoxy) is 1. The van der Waals surface area contributed by atoms with Crippen molar-refractivity contribution >= 4 is 23.2 Å². The van der Waals surface area contributed by atoms with Crippen LogP contribution in [-0.4, -0.2) is 32.7 Å². The number of aromatic nitrogens is 3. The van der Waals surface area contributed by atoms with Crippen molar-refractivity contribution in [2.45, 2.75) is 39.7 Å². The van der Waals surface area contributed by atoms with Crippen LogP contribution in [0.2, 0.25) is 0 Å². The molecule has 0 saturated carbocycles. The number of aryl methyl sites for hydroxylation is 1. The topological polar surface area (TPSA) is 69.0 Å². The van der Waals surface area contributed by atoms with E-state index in [9.17, 15) is 4.79 Å². The Hall–Kier alpha value is -2.86. The van der Waals surface area contributed by atoms with Crippen molar-refractivity contribution in [3.05, 3.63) is 54.1 Å². The van der Waals surface area contributed by atoms with Gasteiger partial charge < -0.3 is 10.1 Å². The summed E-state index contributed by atoms with van der Waals surface area (Å²) in [5, 5.41) is 7.43. The first-order valence-electron chi connectivity index (χ1n) is 9.64. The quantitative estimate of drug-likeness (QED) is 0.529. The lowest BCUT2D eigenvalue weighted by Crippen LogP contribution is -2.11. The maximum absolute atomic E-state index is 11.9. The molecular weight excluding hydrogens is 388 g/mol. The summed E-state index contributed by atoms with van der Waals surface area (Å²) >= 11 is 5.64. The molecule has 3 rings (SSSR count). The number of hydrogen-bond acceptors (Lipinski definition) is 4. The lowest BCUT2D eigenvalue weighted by Gasteiger charge is -2.09. The number of nitrogens with one attached hydrogen (secondary N) is 1. The zero-order valence-electron chi connectivity index (χ0n) is 16.9. The summed E-state index contributed by atoms with van der Waals surface area (Å²) in [6, 6.07) is 15.8. The number of anilines is 1.